The lowest BCUT2D eigenvalue weighted by atomic mass is 10.0. The van der Waals surface area contributed by atoms with Crippen LogP contribution in [0.2, 0.25) is 0 Å². The third-order valence-corrected chi connectivity index (χ3v) is 9.95. The Morgan fingerprint density at radius 1 is 0.333 bits per heavy atom. The Hall–Kier alpha value is -6.84. The van der Waals surface area contributed by atoms with Crippen molar-refractivity contribution in [1.29, 1.82) is 0 Å². The van der Waals surface area contributed by atoms with Crippen molar-refractivity contribution >= 4 is 60.8 Å². The summed E-state index contributed by atoms with van der Waals surface area (Å²) in [4.78, 5) is 2.37. The number of rotatable bonds is 6. The monoisotopic (exact) mass is 652 g/mol. The van der Waals surface area contributed by atoms with E-state index in [9.17, 15) is 0 Å². The van der Waals surface area contributed by atoms with Crippen molar-refractivity contribution in [2.24, 2.45) is 0 Å². The smallest absolute Gasteiger partial charge is 0.136 e. The van der Waals surface area contributed by atoms with Gasteiger partial charge in [-0.15, -0.1) is 0 Å². The van der Waals surface area contributed by atoms with E-state index in [0.717, 1.165) is 55.8 Å². The van der Waals surface area contributed by atoms with Crippen molar-refractivity contribution in [2.75, 3.05) is 4.90 Å². The maximum Gasteiger partial charge on any atom is 0.136 e. The van der Waals surface area contributed by atoms with Gasteiger partial charge in [0.05, 0.1) is 11.0 Å². The number of anilines is 3. The highest BCUT2D eigenvalue weighted by atomic mass is 16.3. The van der Waals surface area contributed by atoms with Crippen LogP contribution >= 0.6 is 0 Å². The van der Waals surface area contributed by atoms with Gasteiger partial charge in [-0.1, -0.05) is 121 Å². The molecular weight excluding hydrogens is 621 g/mol. The number of para-hydroxylation sites is 3. The minimum absolute atomic E-state index is 0.894. The van der Waals surface area contributed by atoms with Crippen LogP contribution in [0.5, 0.6) is 0 Å². The van der Waals surface area contributed by atoms with Crippen LogP contribution in [0.3, 0.4) is 0 Å². The van der Waals surface area contributed by atoms with E-state index < -0.39 is 0 Å². The quantitative estimate of drug-likeness (QED) is 0.178. The lowest BCUT2D eigenvalue weighted by molar-refractivity contribution is 0.669. The molecule has 10 rings (SSSR count). The molecule has 240 valence electrons. The van der Waals surface area contributed by atoms with Crippen LogP contribution in [0.15, 0.2) is 199 Å². The first-order valence-corrected chi connectivity index (χ1v) is 17.3. The summed E-state index contributed by atoms with van der Waals surface area (Å²) in [6, 6.07) is 69.2. The minimum Gasteiger partial charge on any atom is -0.456 e. The summed E-state index contributed by atoms with van der Waals surface area (Å²) in [5, 5.41) is 4.77. The largest absolute Gasteiger partial charge is 0.456 e. The number of fused-ring (bicyclic) bond motifs is 6. The number of aromatic nitrogens is 1. The highest BCUT2D eigenvalue weighted by molar-refractivity contribution is 6.09. The summed E-state index contributed by atoms with van der Waals surface area (Å²) in [5.41, 5.74) is 13.1. The van der Waals surface area contributed by atoms with E-state index >= 15 is 0 Å². The molecule has 2 heterocycles. The standard InChI is InChI=1S/C48H32N2O/c1-2-13-33(14-3-1)34-15-10-17-37(29-34)49(38-18-11-16-35(30-38)36-27-28-44-43-23-6-9-26-47(43)51-48(44)31-36)39-19-12-20-40(32-39)50-45-24-7-4-21-41(45)42-22-5-8-25-46(42)50/h1-32H. The Labute approximate surface area is 295 Å². The van der Waals surface area contributed by atoms with E-state index in [2.05, 4.69) is 191 Å². The number of hydrogen-bond acceptors (Lipinski definition) is 2. The lowest BCUT2D eigenvalue weighted by Crippen LogP contribution is -2.11. The van der Waals surface area contributed by atoms with Crippen LogP contribution in [0.25, 0.3) is 71.7 Å². The molecule has 0 fully saturated rings. The van der Waals surface area contributed by atoms with E-state index in [1.807, 2.05) is 12.1 Å². The molecule has 0 radical (unpaired) electrons. The second kappa shape index (κ2) is 11.9. The molecule has 0 unspecified atom stereocenters. The topological polar surface area (TPSA) is 21.3 Å². The molecule has 0 saturated carbocycles. The Balaban J connectivity index is 1.15. The fourth-order valence-corrected chi connectivity index (χ4v) is 7.60. The molecule has 0 aliphatic carbocycles. The predicted octanol–water partition coefficient (Wildman–Crippen LogP) is 13.5. The summed E-state index contributed by atoms with van der Waals surface area (Å²) in [7, 11) is 0. The van der Waals surface area contributed by atoms with Gasteiger partial charge in [0.25, 0.3) is 0 Å². The van der Waals surface area contributed by atoms with Gasteiger partial charge in [0.15, 0.2) is 0 Å². The number of benzene rings is 8. The maximum absolute atomic E-state index is 6.28. The van der Waals surface area contributed by atoms with Crippen LogP contribution in [-0.2, 0) is 0 Å². The first-order chi connectivity index (χ1) is 25.3. The number of hydrogen-bond donors (Lipinski definition) is 0. The maximum atomic E-state index is 6.28. The summed E-state index contributed by atoms with van der Waals surface area (Å²) in [6.45, 7) is 0. The molecule has 3 nitrogen and oxygen atoms in total. The predicted molar refractivity (Wildman–Crippen MR) is 214 cm³/mol. The van der Waals surface area contributed by atoms with E-state index in [0.29, 0.717) is 0 Å². The molecule has 2 aromatic heterocycles. The van der Waals surface area contributed by atoms with Gasteiger partial charge in [0.2, 0.25) is 0 Å². The van der Waals surface area contributed by atoms with Crippen molar-refractivity contribution in [3.63, 3.8) is 0 Å². The fourth-order valence-electron chi connectivity index (χ4n) is 7.60. The molecular formula is C48H32N2O. The van der Waals surface area contributed by atoms with Gasteiger partial charge < -0.3 is 13.9 Å². The summed E-state index contributed by atoms with van der Waals surface area (Å²) < 4.78 is 8.66. The summed E-state index contributed by atoms with van der Waals surface area (Å²) in [6.07, 6.45) is 0. The molecule has 0 N–H and O–H groups in total. The molecule has 0 saturated heterocycles. The Kier molecular flexibility index (Phi) is 6.81. The zero-order valence-corrected chi connectivity index (χ0v) is 27.8. The number of nitrogens with zero attached hydrogens (tertiary/aromatic N) is 2. The van der Waals surface area contributed by atoms with Crippen molar-refractivity contribution in [1.82, 2.24) is 4.57 Å². The average Bonchev–Trinajstić information content (AvgIpc) is 3.74. The number of furan rings is 1. The van der Waals surface area contributed by atoms with Gasteiger partial charge in [0, 0.05) is 44.3 Å². The molecule has 51 heavy (non-hydrogen) atoms. The normalized spacial score (nSPS) is 11.5. The molecule has 0 aliphatic heterocycles. The molecule has 0 aliphatic rings. The molecule has 3 heteroatoms. The zero-order chi connectivity index (χ0) is 33.7. The van der Waals surface area contributed by atoms with Crippen molar-refractivity contribution in [3.05, 3.63) is 194 Å². The van der Waals surface area contributed by atoms with Crippen molar-refractivity contribution in [2.45, 2.75) is 0 Å². The highest BCUT2D eigenvalue weighted by Gasteiger charge is 2.18. The lowest BCUT2D eigenvalue weighted by Gasteiger charge is -2.27. The van der Waals surface area contributed by atoms with Gasteiger partial charge >= 0.3 is 0 Å². The molecule has 8 aromatic carbocycles. The van der Waals surface area contributed by atoms with Crippen LogP contribution in [0.4, 0.5) is 17.1 Å². The van der Waals surface area contributed by atoms with E-state index in [1.54, 1.807) is 0 Å². The van der Waals surface area contributed by atoms with Gasteiger partial charge in [-0.2, -0.15) is 0 Å². The Bertz CT molecular complexity index is 2830. The first kappa shape index (κ1) is 29.1. The van der Waals surface area contributed by atoms with E-state index in [-0.39, 0.29) is 0 Å². The van der Waals surface area contributed by atoms with Crippen LogP contribution in [0, 0.1) is 0 Å². The van der Waals surface area contributed by atoms with Crippen LogP contribution < -0.4 is 4.90 Å². The van der Waals surface area contributed by atoms with Gasteiger partial charge in [0.1, 0.15) is 11.2 Å². The van der Waals surface area contributed by atoms with Gasteiger partial charge in [-0.3, -0.25) is 0 Å². The minimum atomic E-state index is 0.894. The van der Waals surface area contributed by atoms with Gasteiger partial charge in [-0.05, 0) is 95.1 Å². The second-order valence-corrected chi connectivity index (χ2v) is 13.0. The van der Waals surface area contributed by atoms with Crippen LogP contribution in [-0.4, -0.2) is 4.57 Å². The molecule has 10 aromatic rings. The van der Waals surface area contributed by atoms with Gasteiger partial charge in [-0.25, -0.2) is 0 Å². The third-order valence-electron chi connectivity index (χ3n) is 9.95. The molecule has 0 atom stereocenters. The molecule has 0 spiro atoms. The SMILES string of the molecule is c1ccc(-c2cccc(N(c3cccc(-c4ccc5c(c4)oc4ccccc45)c3)c3cccc(-n4c5ccccc5c5ccccc54)c3)c2)cc1. The summed E-state index contributed by atoms with van der Waals surface area (Å²) in [5.74, 6) is 0. The average molecular weight is 653 g/mol. The van der Waals surface area contributed by atoms with Crippen molar-refractivity contribution in [3.8, 4) is 27.9 Å². The highest BCUT2D eigenvalue weighted by Crippen LogP contribution is 2.41. The molecule has 0 amide bonds. The fraction of sp³-hybridized carbons (Fsp3) is 0. The van der Waals surface area contributed by atoms with E-state index in [4.69, 9.17) is 4.42 Å². The second-order valence-electron chi connectivity index (χ2n) is 13.0. The third kappa shape index (κ3) is 4.98. The Morgan fingerprint density at radius 2 is 0.843 bits per heavy atom. The summed E-state index contributed by atoms with van der Waals surface area (Å²) >= 11 is 0. The van der Waals surface area contributed by atoms with E-state index in [1.165, 1.54) is 32.9 Å². The Morgan fingerprint density at radius 3 is 1.55 bits per heavy atom. The van der Waals surface area contributed by atoms with Crippen molar-refractivity contribution < 1.29 is 4.42 Å². The van der Waals surface area contributed by atoms with Crippen LogP contribution in [0.1, 0.15) is 0 Å². The zero-order valence-electron chi connectivity index (χ0n) is 27.8. The first-order valence-electron chi connectivity index (χ1n) is 17.3. The molecule has 0 bridgehead atoms.